The van der Waals surface area contributed by atoms with E-state index >= 15 is 0 Å². The molecule has 0 saturated carbocycles. The number of sulfone groups is 1. The van der Waals surface area contributed by atoms with Gasteiger partial charge in [0.1, 0.15) is 0 Å². The van der Waals surface area contributed by atoms with Crippen molar-refractivity contribution in [3.8, 4) is 0 Å². The minimum absolute atomic E-state index is 0.397. The van der Waals surface area contributed by atoms with E-state index in [-0.39, 0.29) is 0 Å². The van der Waals surface area contributed by atoms with Crippen LogP contribution in [0.5, 0.6) is 0 Å². The summed E-state index contributed by atoms with van der Waals surface area (Å²) in [5.41, 5.74) is 1.91. The maximum Gasteiger partial charge on any atom is 0.185 e. The molecule has 0 fully saturated rings. The maximum atomic E-state index is 12.7. The Morgan fingerprint density at radius 1 is 0.947 bits per heavy atom. The zero-order valence-electron chi connectivity index (χ0n) is 11.2. The smallest absolute Gasteiger partial charge is 0.185 e. The number of benzene rings is 2. The molecule has 0 unspecified atom stereocenters. The van der Waals surface area contributed by atoms with E-state index in [4.69, 9.17) is 0 Å². The van der Waals surface area contributed by atoms with Crippen molar-refractivity contribution < 1.29 is 8.42 Å². The summed E-state index contributed by atoms with van der Waals surface area (Å²) in [7, 11) is -3.32. The molecule has 3 heteroatoms. The minimum Gasteiger partial charge on any atom is -0.223 e. The maximum absolute atomic E-state index is 12.7. The van der Waals surface area contributed by atoms with Crippen molar-refractivity contribution in [2.75, 3.05) is 0 Å². The van der Waals surface area contributed by atoms with Gasteiger partial charge in [0.2, 0.25) is 0 Å². The molecule has 0 spiro atoms. The lowest BCUT2D eigenvalue weighted by molar-refractivity contribution is 0.579. The molecule has 0 aromatic heterocycles. The van der Waals surface area contributed by atoms with Gasteiger partial charge in [0, 0.05) is 0 Å². The first-order valence-electron chi connectivity index (χ1n) is 6.41. The predicted molar refractivity (Wildman–Crippen MR) is 77.8 cm³/mol. The van der Waals surface area contributed by atoms with E-state index in [1.165, 1.54) is 0 Å². The number of hydrogen-bond acceptors (Lipinski definition) is 2. The van der Waals surface area contributed by atoms with Crippen LogP contribution in [0.1, 0.15) is 29.7 Å². The summed E-state index contributed by atoms with van der Waals surface area (Å²) < 4.78 is 25.4. The first kappa shape index (κ1) is 13.8. The lowest BCUT2D eigenvalue weighted by Gasteiger charge is -2.16. The second kappa shape index (κ2) is 5.57. The van der Waals surface area contributed by atoms with E-state index in [2.05, 4.69) is 0 Å². The molecule has 2 aromatic rings. The molecule has 100 valence electrons. The van der Waals surface area contributed by atoms with Crippen molar-refractivity contribution in [3.63, 3.8) is 0 Å². The first-order chi connectivity index (χ1) is 9.05. The average Bonchev–Trinajstić information content (AvgIpc) is 2.41. The Bertz CT molecular complexity index is 628. The third-order valence-corrected chi connectivity index (χ3v) is 5.55. The highest BCUT2D eigenvalue weighted by atomic mass is 32.2. The molecule has 0 N–H and O–H groups in total. The number of rotatable bonds is 4. The van der Waals surface area contributed by atoms with Crippen LogP contribution in [0.25, 0.3) is 0 Å². The summed E-state index contributed by atoms with van der Waals surface area (Å²) in [5.74, 6) is 0. The van der Waals surface area contributed by atoms with Crippen LogP contribution in [0.15, 0.2) is 59.5 Å². The monoisotopic (exact) mass is 274 g/mol. The molecule has 0 saturated heterocycles. The number of aryl methyl sites for hydroxylation is 1. The SMILES string of the molecule is CC[C@@H](c1ccccc1)S(=O)(=O)c1ccc(C)cc1. The van der Waals surface area contributed by atoms with Crippen molar-refractivity contribution in [1.82, 2.24) is 0 Å². The fourth-order valence-electron chi connectivity index (χ4n) is 2.19. The lowest BCUT2D eigenvalue weighted by Crippen LogP contribution is -2.13. The molecule has 0 amide bonds. The predicted octanol–water partition coefficient (Wildman–Crippen LogP) is 3.92. The van der Waals surface area contributed by atoms with Gasteiger partial charge in [-0.05, 0) is 31.0 Å². The molecule has 0 aliphatic heterocycles. The summed E-state index contributed by atoms with van der Waals surface area (Å²) >= 11 is 0. The second-order valence-electron chi connectivity index (χ2n) is 4.67. The van der Waals surface area contributed by atoms with Crippen LogP contribution in [-0.2, 0) is 9.84 Å². The van der Waals surface area contributed by atoms with Crippen molar-refractivity contribution in [2.24, 2.45) is 0 Å². The molecule has 0 aliphatic rings. The third-order valence-electron chi connectivity index (χ3n) is 3.27. The van der Waals surface area contributed by atoms with Gasteiger partial charge < -0.3 is 0 Å². The topological polar surface area (TPSA) is 34.1 Å². The van der Waals surface area contributed by atoms with Crippen LogP contribution in [0, 0.1) is 6.92 Å². The molecular weight excluding hydrogens is 256 g/mol. The van der Waals surface area contributed by atoms with Gasteiger partial charge in [-0.15, -0.1) is 0 Å². The number of hydrogen-bond donors (Lipinski definition) is 0. The molecule has 0 aliphatic carbocycles. The Morgan fingerprint density at radius 2 is 1.53 bits per heavy atom. The van der Waals surface area contributed by atoms with Gasteiger partial charge in [-0.1, -0.05) is 55.0 Å². The van der Waals surface area contributed by atoms with Gasteiger partial charge in [0.05, 0.1) is 10.1 Å². The fourth-order valence-corrected chi connectivity index (χ4v) is 3.99. The third kappa shape index (κ3) is 2.87. The van der Waals surface area contributed by atoms with Gasteiger partial charge in [-0.25, -0.2) is 8.42 Å². The van der Waals surface area contributed by atoms with Crippen molar-refractivity contribution in [3.05, 3.63) is 65.7 Å². The molecule has 0 bridgehead atoms. The molecule has 1 atom stereocenters. The highest BCUT2D eigenvalue weighted by Crippen LogP contribution is 2.31. The zero-order valence-corrected chi connectivity index (χ0v) is 12.0. The Labute approximate surface area is 115 Å². The second-order valence-corrected chi connectivity index (χ2v) is 6.80. The normalized spacial score (nSPS) is 13.2. The Morgan fingerprint density at radius 3 is 2.05 bits per heavy atom. The molecule has 2 rings (SSSR count). The molecule has 19 heavy (non-hydrogen) atoms. The largest absolute Gasteiger partial charge is 0.223 e. The molecule has 2 nitrogen and oxygen atoms in total. The van der Waals surface area contributed by atoms with Crippen molar-refractivity contribution in [1.29, 1.82) is 0 Å². The van der Waals surface area contributed by atoms with E-state index in [0.29, 0.717) is 11.3 Å². The molecule has 0 heterocycles. The van der Waals surface area contributed by atoms with Crippen LogP contribution in [0.4, 0.5) is 0 Å². The minimum atomic E-state index is -3.32. The summed E-state index contributed by atoms with van der Waals surface area (Å²) in [5, 5.41) is -0.476. The van der Waals surface area contributed by atoms with Crippen LogP contribution in [0.3, 0.4) is 0 Å². The van der Waals surface area contributed by atoms with E-state index in [1.54, 1.807) is 12.1 Å². The first-order valence-corrected chi connectivity index (χ1v) is 7.96. The van der Waals surface area contributed by atoms with E-state index in [1.807, 2.05) is 56.3 Å². The quantitative estimate of drug-likeness (QED) is 0.846. The van der Waals surface area contributed by atoms with Crippen LogP contribution in [0.2, 0.25) is 0 Å². The van der Waals surface area contributed by atoms with Crippen LogP contribution in [-0.4, -0.2) is 8.42 Å². The van der Waals surface area contributed by atoms with Gasteiger partial charge in [-0.3, -0.25) is 0 Å². The summed E-state index contributed by atoms with van der Waals surface area (Å²) in [4.78, 5) is 0.397. The zero-order chi connectivity index (χ0) is 13.9. The highest BCUT2D eigenvalue weighted by molar-refractivity contribution is 7.91. The van der Waals surface area contributed by atoms with E-state index < -0.39 is 15.1 Å². The van der Waals surface area contributed by atoms with Crippen LogP contribution < -0.4 is 0 Å². The molecule has 2 aromatic carbocycles. The lowest BCUT2D eigenvalue weighted by atomic mass is 10.1. The Kier molecular flexibility index (Phi) is 4.05. The van der Waals surface area contributed by atoms with Gasteiger partial charge in [0.15, 0.2) is 9.84 Å². The standard InChI is InChI=1S/C16H18O2S/c1-3-16(14-7-5-4-6-8-14)19(17,18)15-11-9-13(2)10-12-15/h4-12,16H,3H2,1-2H3/t16-/m0/s1. The fraction of sp³-hybridized carbons (Fsp3) is 0.250. The van der Waals surface area contributed by atoms with Crippen molar-refractivity contribution >= 4 is 9.84 Å². The Balaban J connectivity index is 2.45. The summed E-state index contributed by atoms with van der Waals surface area (Å²) in [6.45, 7) is 3.86. The summed E-state index contributed by atoms with van der Waals surface area (Å²) in [6.07, 6.45) is 0.570. The highest BCUT2D eigenvalue weighted by Gasteiger charge is 2.27. The van der Waals surface area contributed by atoms with E-state index in [0.717, 1.165) is 11.1 Å². The van der Waals surface area contributed by atoms with Gasteiger partial charge in [-0.2, -0.15) is 0 Å². The van der Waals surface area contributed by atoms with E-state index in [9.17, 15) is 8.42 Å². The Hall–Kier alpha value is -1.61. The average molecular weight is 274 g/mol. The van der Waals surface area contributed by atoms with Gasteiger partial charge >= 0.3 is 0 Å². The molecule has 0 radical (unpaired) electrons. The molecular formula is C16H18O2S. The van der Waals surface area contributed by atoms with Crippen molar-refractivity contribution in [2.45, 2.75) is 30.4 Å². The van der Waals surface area contributed by atoms with Crippen LogP contribution >= 0.6 is 0 Å². The van der Waals surface area contributed by atoms with Gasteiger partial charge in [0.25, 0.3) is 0 Å². The summed E-state index contributed by atoms with van der Waals surface area (Å²) in [6, 6.07) is 16.5.